The number of carbonyl (C=O) groups is 2. The Kier molecular flexibility index (Phi) is 13.5. The summed E-state index contributed by atoms with van der Waals surface area (Å²) in [4.78, 5) is 30.4. The Morgan fingerprint density at radius 2 is 1.44 bits per heavy atom. The van der Waals surface area contributed by atoms with Crippen molar-refractivity contribution in [3.8, 4) is 0 Å². The molecule has 9 heteroatoms. The van der Waals surface area contributed by atoms with E-state index >= 15 is 0 Å². The van der Waals surface area contributed by atoms with Crippen molar-refractivity contribution in [1.29, 1.82) is 0 Å². The van der Waals surface area contributed by atoms with Crippen LogP contribution < -0.4 is 21.0 Å². The Morgan fingerprint density at radius 1 is 0.846 bits per heavy atom. The highest BCUT2D eigenvalue weighted by molar-refractivity contribution is 6.80. The summed E-state index contributed by atoms with van der Waals surface area (Å²) in [5, 5.41) is 9.34. The van der Waals surface area contributed by atoms with Gasteiger partial charge in [-0.2, -0.15) is 0 Å². The van der Waals surface area contributed by atoms with E-state index in [1.807, 2.05) is 18.2 Å². The van der Waals surface area contributed by atoms with Gasteiger partial charge in [0.25, 0.3) is 0 Å². The van der Waals surface area contributed by atoms with Crippen LogP contribution in [0, 0.1) is 22.7 Å². The Hall–Kier alpha value is -3.98. The predicted octanol–water partition coefficient (Wildman–Crippen LogP) is 8.78. The van der Waals surface area contributed by atoms with Crippen LogP contribution >= 0.6 is 11.6 Å². The summed E-state index contributed by atoms with van der Waals surface area (Å²) < 4.78 is 12.3. The number of aromatic nitrogens is 1. The average molecular weight is 742 g/mol. The first-order valence-corrected chi connectivity index (χ1v) is 20.1. The van der Waals surface area contributed by atoms with E-state index in [0.717, 1.165) is 24.0 Å². The number of anilines is 1. The molecular weight excluding hydrogens is 686 g/mol. The van der Waals surface area contributed by atoms with Gasteiger partial charge in [0.05, 0.1) is 24.3 Å². The number of nitrogens with zero attached hydrogens (tertiary/aromatic N) is 1. The van der Waals surface area contributed by atoms with Gasteiger partial charge in [-0.25, -0.2) is 14.6 Å². The average Bonchev–Trinajstić information content (AvgIpc) is 3.09. The fourth-order valence-electron chi connectivity index (χ4n) is 6.92. The number of ether oxygens (including phenoxy) is 1. The Balaban J connectivity index is 1.83. The van der Waals surface area contributed by atoms with Gasteiger partial charge in [-0.05, 0) is 76.2 Å². The quantitative estimate of drug-likeness (QED) is 0.106. The minimum absolute atomic E-state index is 0.0625. The van der Waals surface area contributed by atoms with Crippen LogP contribution in [-0.2, 0) is 21.1 Å². The molecule has 278 valence electrons. The maximum atomic E-state index is 14.1. The zero-order valence-corrected chi connectivity index (χ0v) is 34.3. The molecule has 0 fully saturated rings. The SMILES string of the molecule is COC(=O)c1ccc(NC(=O)NC(C)(c2ccc(CCC(C)(C)C)c(Cl)c2)[C@@H](C(C)C)C(O[SiH](c2ccccc2)c2ccccc2)C(C)(C)C)nc1. The number of hydrogen-bond donors (Lipinski definition) is 2. The highest BCUT2D eigenvalue weighted by Crippen LogP contribution is 2.45. The molecule has 1 heterocycles. The van der Waals surface area contributed by atoms with Crippen LogP contribution in [0.15, 0.2) is 97.2 Å². The maximum Gasteiger partial charge on any atom is 0.339 e. The predicted molar refractivity (Wildman–Crippen MR) is 216 cm³/mol. The molecule has 0 radical (unpaired) electrons. The molecule has 0 spiro atoms. The lowest BCUT2D eigenvalue weighted by Crippen LogP contribution is -2.60. The number of rotatable bonds is 13. The summed E-state index contributed by atoms with van der Waals surface area (Å²) in [5.41, 5.74) is 1.13. The molecule has 1 aromatic heterocycles. The zero-order valence-electron chi connectivity index (χ0n) is 32.4. The molecule has 3 atom stereocenters. The largest absolute Gasteiger partial charge is 0.465 e. The number of esters is 1. The van der Waals surface area contributed by atoms with Gasteiger partial charge < -0.3 is 14.5 Å². The number of benzene rings is 3. The summed E-state index contributed by atoms with van der Waals surface area (Å²) in [6, 6.07) is 29.9. The van der Waals surface area contributed by atoms with Crippen molar-refractivity contribution in [2.24, 2.45) is 22.7 Å². The molecule has 0 aliphatic rings. The molecule has 4 rings (SSSR count). The fraction of sp³-hybridized carbons (Fsp3) is 0.419. The van der Waals surface area contributed by atoms with Gasteiger partial charge in [0.2, 0.25) is 9.04 Å². The molecule has 0 aliphatic heterocycles. The molecule has 0 saturated carbocycles. The molecule has 3 aromatic carbocycles. The molecule has 4 aromatic rings. The lowest BCUT2D eigenvalue weighted by molar-refractivity contribution is -0.0256. The van der Waals surface area contributed by atoms with Crippen LogP contribution in [0.3, 0.4) is 0 Å². The Morgan fingerprint density at radius 3 is 1.90 bits per heavy atom. The van der Waals surface area contributed by atoms with Crippen LogP contribution in [0.1, 0.15) is 90.2 Å². The van der Waals surface area contributed by atoms with E-state index in [9.17, 15) is 9.59 Å². The second-order valence-corrected chi connectivity index (χ2v) is 19.2. The molecule has 0 aliphatic carbocycles. The second kappa shape index (κ2) is 17.2. The summed E-state index contributed by atoms with van der Waals surface area (Å²) in [5.74, 6) is -0.354. The topological polar surface area (TPSA) is 89.5 Å². The molecule has 7 nitrogen and oxygen atoms in total. The van der Waals surface area contributed by atoms with Crippen LogP contribution in [0.5, 0.6) is 0 Å². The van der Waals surface area contributed by atoms with Crippen LogP contribution in [0.25, 0.3) is 0 Å². The number of amides is 2. The third-order valence-corrected chi connectivity index (χ3v) is 12.5. The van der Waals surface area contributed by atoms with Crippen LogP contribution in [-0.4, -0.2) is 39.2 Å². The number of aryl methyl sites for hydroxylation is 1. The van der Waals surface area contributed by atoms with E-state index in [1.165, 1.54) is 23.7 Å². The summed E-state index contributed by atoms with van der Waals surface area (Å²) in [6.07, 6.45) is 2.93. The normalized spacial score (nSPS) is 14.4. The Labute approximate surface area is 317 Å². The highest BCUT2D eigenvalue weighted by Gasteiger charge is 2.49. The molecule has 0 bridgehead atoms. The van der Waals surface area contributed by atoms with Gasteiger partial charge in [0.1, 0.15) is 5.82 Å². The monoisotopic (exact) mass is 741 g/mol. The van der Waals surface area contributed by atoms with Crippen molar-refractivity contribution in [1.82, 2.24) is 10.3 Å². The highest BCUT2D eigenvalue weighted by atomic mass is 35.5. The summed E-state index contributed by atoms with van der Waals surface area (Å²) >= 11 is 7.08. The first-order chi connectivity index (χ1) is 24.4. The van der Waals surface area contributed by atoms with Crippen molar-refractivity contribution in [3.05, 3.63) is 119 Å². The standard InChI is InChI=1S/C43H56ClN3O4Si/c1-29(2)37(38(42(6,7)8)51-52(33-17-13-11-14-18-33)34-19-15-12-16-20-34)43(9,32-23-21-30(35(44)27-32)25-26-41(3,4)5)47-40(49)46-36-24-22-31(28-45-36)39(48)50-10/h11-24,27-29,37-38,52H,25-26H2,1-10H3,(H2,45,46,47,49)/t37-,38?,43?/m0/s1. The lowest BCUT2D eigenvalue weighted by atomic mass is 9.65. The van der Waals surface area contributed by atoms with E-state index in [1.54, 1.807) is 12.1 Å². The van der Waals surface area contributed by atoms with Crippen molar-refractivity contribution >= 4 is 48.8 Å². The third kappa shape index (κ3) is 10.6. The molecule has 2 N–H and O–H groups in total. The lowest BCUT2D eigenvalue weighted by Gasteiger charge is -2.50. The van der Waals surface area contributed by atoms with Crippen LogP contribution in [0.4, 0.5) is 10.6 Å². The van der Waals surface area contributed by atoms with Gasteiger partial charge in [0, 0.05) is 17.1 Å². The second-order valence-electron chi connectivity index (χ2n) is 16.5. The number of carbonyl (C=O) groups excluding carboxylic acids is 2. The number of pyridine rings is 1. The minimum Gasteiger partial charge on any atom is -0.465 e. The molecule has 2 amide bonds. The molecule has 0 saturated heterocycles. The van der Waals surface area contributed by atoms with Gasteiger partial charge in [-0.15, -0.1) is 0 Å². The summed E-state index contributed by atoms with van der Waals surface area (Å²) in [6.45, 7) is 19.8. The number of urea groups is 1. The van der Waals surface area contributed by atoms with E-state index in [4.69, 9.17) is 20.8 Å². The van der Waals surface area contributed by atoms with E-state index < -0.39 is 26.6 Å². The third-order valence-electron chi connectivity index (χ3n) is 9.65. The number of nitrogens with one attached hydrogen (secondary N) is 2. The molecular formula is C43H56ClN3O4Si. The number of hydrogen-bond acceptors (Lipinski definition) is 5. The van der Waals surface area contributed by atoms with Gasteiger partial charge in [-0.1, -0.05) is 140 Å². The van der Waals surface area contributed by atoms with E-state index in [2.05, 4.69) is 139 Å². The van der Waals surface area contributed by atoms with Crippen molar-refractivity contribution in [3.63, 3.8) is 0 Å². The first kappa shape index (κ1) is 40.8. The smallest absolute Gasteiger partial charge is 0.339 e. The zero-order chi connectivity index (χ0) is 38.3. The minimum atomic E-state index is -2.23. The van der Waals surface area contributed by atoms with Crippen molar-refractivity contribution in [2.45, 2.75) is 86.8 Å². The fourth-order valence-corrected chi connectivity index (χ4v) is 9.91. The van der Waals surface area contributed by atoms with Gasteiger partial charge >= 0.3 is 12.0 Å². The Bertz CT molecular complexity index is 1730. The first-order valence-electron chi connectivity index (χ1n) is 18.1. The molecule has 2 unspecified atom stereocenters. The van der Waals surface area contributed by atoms with Gasteiger partial charge in [-0.3, -0.25) is 5.32 Å². The van der Waals surface area contributed by atoms with E-state index in [0.29, 0.717) is 16.4 Å². The number of halogens is 1. The molecule has 52 heavy (non-hydrogen) atoms. The van der Waals surface area contributed by atoms with Crippen molar-refractivity contribution < 1.29 is 18.8 Å². The van der Waals surface area contributed by atoms with Crippen LogP contribution in [0.2, 0.25) is 5.02 Å². The van der Waals surface area contributed by atoms with Gasteiger partial charge in [0.15, 0.2) is 0 Å². The number of methoxy groups -OCH3 is 1. The van der Waals surface area contributed by atoms with E-state index in [-0.39, 0.29) is 28.8 Å². The van der Waals surface area contributed by atoms with Crippen molar-refractivity contribution in [2.75, 3.05) is 12.4 Å². The maximum absolute atomic E-state index is 14.1. The summed E-state index contributed by atoms with van der Waals surface area (Å²) in [7, 11) is -0.910.